The predicted octanol–water partition coefficient (Wildman–Crippen LogP) is 4.54. The van der Waals surface area contributed by atoms with Crippen LogP contribution in [0.1, 0.15) is 36.0 Å². The van der Waals surface area contributed by atoms with Crippen LogP contribution in [0, 0.1) is 17.7 Å². The molecule has 0 saturated heterocycles. The number of carbonyl (C=O) groups is 1. The summed E-state index contributed by atoms with van der Waals surface area (Å²) < 4.78 is 40.7. The van der Waals surface area contributed by atoms with E-state index in [2.05, 4.69) is 4.72 Å². The van der Waals surface area contributed by atoms with Gasteiger partial charge in [-0.15, -0.1) is 0 Å². The van der Waals surface area contributed by atoms with Crippen molar-refractivity contribution in [1.29, 1.82) is 0 Å². The normalized spacial score (nSPS) is 16.7. The van der Waals surface area contributed by atoms with Crippen LogP contribution in [0.2, 0.25) is 5.02 Å². The molecule has 2 aliphatic carbocycles. The molecule has 1 amide bonds. The molecule has 2 aliphatic rings. The fraction of sp³-hybridized carbons (Fsp3) is 0.381. The quantitative estimate of drug-likeness (QED) is 0.692. The lowest BCUT2D eigenvalue weighted by Crippen LogP contribution is -2.40. The maximum Gasteiger partial charge on any atom is 0.261 e. The van der Waals surface area contributed by atoms with E-state index in [9.17, 15) is 17.6 Å². The number of hydrogen-bond acceptors (Lipinski definition) is 3. The van der Waals surface area contributed by atoms with E-state index in [1.165, 1.54) is 24.3 Å². The molecule has 154 valence electrons. The molecule has 4 rings (SSSR count). The Morgan fingerprint density at radius 2 is 1.69 bits per heavy atom. The first-order valence-electron chi connectivity index (χ1n) is 9.61. The van der Waals surface area contributed by atoms with Gasteiger partial charge in [0.1, 0.15) is 5.82 Å². The monoisotopic (exact) mass is 436 g/mol. The van der Waals surface area contributed by atoms with Gasteiger partial charge in [0.15, 0.2) is 0 Å². The first-order chi connectivity index (χ1) is 13.8. The number of anilines is 1. The van der Waals surface area contributed by atoms with Gasteiger partial charge in [-0.3, -0.25) is 9.52 Å². The van der Waals surface area contributed by atoms with E-state index < -0.39 is 15.8 Å². The number of benzene rings is 2. The fourth-order valence-electron chi connectivity index (χ4n) is 3.79. The number of hydrogen-bond donors (Lipinski definition) is 1. The first-order valence-corrected chi connectivity index (χ1v) is 11.5. The molecule has 8 heteroatoms. The molecule has 2 aromatic rings. The maximum atomic E-state index is 13.1. The van der Waals surface area contributed by atoms with Crippen molar-refractivity contribution in [3.05, 3.63) is 58.9 Å². The van der Waals surface area contributed by atoms with E-state index in [1.54, 1.807) is 11.0 Å². The zero-order valence-corrected chi connectivity index (χ0v) is 17.5. The van der Waals surface area contributed by atoms with Crippen LogP contribution in [0.3, 0.4) is 0 Å². The lowest BCUT2D eigenvalue weighted by molar-refractivity contribution is 0.0690. The lowest BCUT2D eigenvalue weighted by atomic mass is 10.0. The Hall–Kier alpha value is -2.12. The van der Waals surface area contributed by atoms with Gasteiger partial charge in [0.05, 0.1) is 15.6 Å². The van der Waals surface area contributed by atoms with Crippen molar-refractivity contribution >= 4 is 33.2 Å². The number of sulfonamides is 1. The van der Waals surface area contributed by atoms with Crippen molar-refractivity contribution in [2.24, 2.45) is 11.8 Å². The maximum absolute atomic E-state index is 13.1. The molecule has 0 unspecified atom stereocenters. The minimum absolute atomic E-state index is 0.0913. The molecule has 2 saturated carbocycles. The number of halogens is 2. The van der Waals surface area contributed by atoms with Gasteiger partial charge in [-0.1, -0.05) is 11.6 Å². The lowest BCUT2D eigenvalue weighted by Gasteiger charge is -2.28. The van der Waals surface area contributed by atoms with Crippen LogP contribution < -0.4 is 4.72 Å². The Labute approximate surface area is 174 Å². The van der Waals surface area contributed by atoms with Crippen LogP contribution in [0.15, 0.2) is 47.4 Å². The van der Waals surface area contributed by atoms with E-state index in [-0.39, 0.29) is 27.6 Å². The van der Waals surface area contributed by atoms with Crippen LogP contribution in [-0.4, -0.2) is 32.3 Å². The highest BCUT2D eigenvalue weighted by Crippen LogP contribution is 2.47. The number of carbonyl (C=O) groups excluding carboxylic acids is 1. The third-order valence-electron chi connectivity index (χ3n) is 5.56. The summed E-state index contributed by atoms with van der Waals surface area (Å²) in [5.74, 6) is 0.464. The standard InChI is InChI=1S/C21H22ClFN2O3S/c1-25(20(13-2-3-13)14-4-5-14)21(26)15-6-11-18(22)19(12-15)24-29(27,28)17-9-7-16(23)8-10-17/h6-14,20,24H,2-5H2,1H3. The van der Waals surface area contributed by atoms with Gasteiger partial charge in [0.2, 0.25) is 0 Å². The molecule has 1 N–H and O–H groups in total. The Kier molecular flexibility index (Phi) is 5.29. The van der Waals surface area contributed by atoms with E-state index in [4.69, 9.17) is 11.6 Å². The average Bonchev–Trinajstić information content (AvgIpc) is 3.58. The fourth-order valence-corrected chi connectivity index (χ4v) is 5.08. The molecular weight excluding hydrogens is 415 g/mol. The second kappa shape index (κ2) is 7.61. The average molecular weight is 437 g/mol. The summed E-state index contributed by atoms with van der Waals surface area (Å²) in [6, 6.07) is 9.30. The summed E-state index contributed by atoms with van der Waals surface area (Å²) in [7, 11) is -2.14. The highest BCUT2D eigenvalue weighted by Gasteiger charge is 2.45. The number of rotatable bonds is 7. The van der Waals surface area contributed by atoms with E-state index >= 15 is 0 Å². The van der Waals surface area contributed by atoms with Crippen LogP contribution in [0.25, 0.3) is 0 Å². The largest absolute Gasteiger partial charge is 0.338 e. The molecule has 0 heterocycles. The summed E-state index contributed by atoms with van der Waals surface area (Å²) in [6.45, 7) is 0. The van der Waals surface area contributed by atoms with E-state index in [1.807, 2.05) is 7.05 Å². The predicted molar refractivity (Wildman–Crippen MR) is 110 cm³/mol. The van der Waals surface area contributed by atoms with Crippen LogP contribution in [0.4, 0.5) is 10.1 Å². The molecule has 2 aromatic carbocycles. The first kappa shape index (κ1) is 20.2. The second-order valence-corrected chi connectivity index (χ2v) is 9.93. The van der Waals surface area contributed by atoms with Crippen molar-refractivity contribution in [3.8, 4) is 0 Å². The van der Waals surface area contributed by atoms with E-state index in [0.717, 1.165) is 37.8 Å². The van der Waals surface area contributed by atoms with Crippen LogP contribution in [0.5, 0.6) is 0 Å². The van der Waals surface area contributed by atoms with E-state index in [0.29, 0.717) is 17.4 Å². The Morgan fingerprint density at radius 3 is 2.24 bits per heavy atom. The number of nitrogens with one attached hydrogen (secondary N) is 1. The minimum atomic E-state index is -3.96. The highest BCUT2D eigenvalue weighted by atomic mass is 35.5. The molecule has 0 aromatic heterocycles. The molecular formula is C21H22ClFN2O3S. The molecule has 2 fully saturated rings. The summed E-state index contributed by atoms with van der Waals surface area (Å²) >= 11 is 6.17. The zero-order chi connectivity index (χ0) is 20.8. The second-order valence-electron chi connectivity index (χ2n) is 7.84. The smallest absolute Gasteiger partial charge is 0.261 e. The zero-order valence-electron chi connectivity index (χ0n) is 15.9. The highest BCUT2D eigenvalue weighted by molar-refractivity contribution is 7.92. The van der Waals surface area contributed by atoms with Gasteiger partial charge in [-0.2, -0.15) is 0 Å². The van der Waals surface area contributed by atoms with Crippen molar-refractivity contribution in [2.75, 3.05) is 11.8 Å². The van der Waals surface area contributed by atoms with Crippen LogP contribution >= 0.6 is 11.6 Å². The van der Waals surface area contributed by atoms with Crippen LogP contribution in [-0.2, 0) is 10.0 Å². The Balaban J connectivity index is 1.57. The molecule has 29 heavy (non-hydrogen) atoms. The van der Waals surface area contributed by atoms with Crippen molar-refractivity contribution in [2.45, 2.75) is 36.6 Å². The summed E-state index contributed by atoms with van der Waals surface area (Å²) in [5, 5.41) is 0.177. The van der Waals surface area contributed by atoms with Gasteiger partial charge >= 0.3 is 0 Å². The molecule has 0 atom stereocenters. The van der Waals surface area contributed by atoms with Crippen molar-refractivity contribution in [1.82, 2.24) is 4.90 Å². The van der Waals surface area contributed by atoms with Gasteiger partial charge < -0.3 is 4.90 Å². The minimum Gasteiger partial charge on any atom is -0.338 e. The Bertz CT molecular complexity index is 1020. The molecule has 0 bridgehead atoms. The molecule has 0 radical (unpaired) electrons. The van der Waals surface area contributed by atoms with Gasteiger partial charge in [-0.25, -0.2) is 12.8 Å². The third kappa shape index (κ3) is 4.41. The SMILES string of the molecule is CN(C(=O)c1ccc(Cl)c(NS(=O)(=O)c2ccc(F)cc2)c1)C(C1CC1)C1CC1. The third-order valence-corrected chi connectivity index (χ3v) is 7.27. The molecule has 0 aliphatic heterocycles. The molecule has 0 spiro atoms. The summed E-state index contributed by atoms with van der Waals surface area (Å²) in [4.78, 5) is 14.8. The molecule has 5 nitrogen and oxygen atoms in total. The summed E-state index contributed by atoms with van der Waals surface area (Å²) in [5.41, 5.74) is 0.490. The van der Waals surface area contributed by atoms with Gasteiger partial charge in [0.25, 0.3) is 15.9 Å². The summed E-state index contributed by atoms with van der Waals surface area (Å²) in [6.07, 6.45) is 4.62. The van der Waals surface area contributed by atoms with Gasteiger partial charge in [-0.05, 0) is 80.0 Å². The van der Waals surface area contributed by atoms with Gasteiger partial charge in [0, 0.05) is 18.7 Å². The number of amides is 1. The van der Waals surface area contributed by atoms with Crippen molar-refractivity contribution in [3.63, 3.8) is 0 Å². The number of nitrogens with zero attached hydrogens (tertiary/aromatic N) is 1. The van der Waals surface area contributed by atoms with Crippen molar-refractivity contribution < 1.29 is 17.6 Å². The topological polar surface area (TPSA) is 66.5 Å². The Morgan fingerprint density at radius 1 is 1.10 bits per heavy atom.